The summed E-state index contributed by atoms with van der Waals surface area (Å²) in [5.41, 5.74) is 5.26. The van der Waals surface area contributed by atoms with Gasteiger partial charge < -0.3 is 9.84 Å². The predicted octanol–water partition coefficient (Wildman–Crippen LogP) is 5.82. The lowest BCUT2D eigenvalue weighted by Crippen LogP contribution is -2.34. The molecule has 130 valence electrons. The number of hydrogen-bond donors (Lipinski definition) is 1. The first kappa shape index (κ1) is 18.4. The fourth-order valence-corrected chi connectivity index (χ4v) is 2.99. The minimum Gasteiger partial charge on any atom is -0.507 e. The summed E-state index contributed by atoms with van der Waals surface area (Å²) in [5.74, 6) is 1.24. The largest absolute Gasteiger partial charge is 0.507 e. The molecule has 1 unspecified atom stereocenters. The number of ether oxygens (including phenoxy) is 1. The summed E-state index contributed by atoms with van der Waals surface area (Å²) >= 11 is 0. The Balaban J connectivity index is 2.32. The van der Waals surface area contributed by atoms with E-state index in [9.17, 15) is 5.11 Å². The van der Waals surface area contributed by atoms with E-state index in [0.29, 0.717) is 5.75 Å². The van der Waals surface area contributed by atoms with Gasteiger partial charge in [-0.25, -0.2) is 0 Å². The van der Waals surface area contributed by atoms with Gasteiger partial charge in [-0.3, -0.25) is 0 Å². The van der Waals surface area contributed by atoms with Gasteiger partial charge in [-0.1, -0.05) is 29.4 Å². The molecule has 0 amide bonds. The summed E-state index contributed by atoms with van der Waals surface area (Å²) in [5, 5.41) is 10.7. The summed E-state index contributed by atoms with van der Waals surface area (Å²) in [6.07, 6.45) is 10.9. The lowest BCUT2D eigenvalue weighted by Gasteiger charge is -2.34. The third-order valence-electron chi connectivity index (χ3n) is 4.50. The van der Waals surface area contributed by atoms with E-state index in [1.165, 1.54) is 11.1 Å². The first-order valence-corrected chi connectivity index (χ1v) is 8.71. The highest BCUT2D eigenvalue weighted by Crippen LogP contribution is 2.42. The molecule has 24 heavy (non-hydrogen) atoms. The van der Waals surface area contributed by atoms with Crippen molar-refractivity contribution in [2.24, 2.45) is 0 Å². The van der Waals surface area contributed by atoms with Crippen molar-refractivity contribution >= 4 is 0 Å². The van der Waals surface area contributed by atoms with Crippen molar-refractivity contribution in [1.82, 2.24) is 0 Å². The van der Waals surface area contributed by atoms with Gasteiger partial charge in [-0.2, -0.15) is 0 Å². The minimum absolute atomic E-state index is 0.320. The molecular weight excluding hydrogens is 296 g/mol. The van der Waals surface area contributed by atoms with E-state index in [2.05, 4.69) is 65.0 Å². The Morgan fingerprint density at radius 2 is 1.96 bits per heavy atom. The van der Waals surface area contributed by atoms with E-state index in [-0.39, 0.29) is 5.60 Å². The number of rotatable bonds is 4. The van der Waals surface area contributed by atoms with Crippen molar-refractivity contribution in [2.75, 3.05) is 0 Å². The van der Waals surface area contributed by atoms with Crippen LogP contribution < -0.4 is 4.74 Å². The molecule has 0 saturated heterocycles. The Kier molecular flexibility index (Phi) is 5.58. The maximum Gasteiger partial charge on any atom is 0.127 e. The summed E-state index contributed by atoms with van der Waals surface area (Å²) in [7, 11) is 0. The molecule has 1 aromatic carbocycles. The average molecular weight is 326 g/mol. The highest BCUT2D eigenvalue weighted by Gasteiger charge is 2.31. The number of aryl methyl sites for hydroxylation is 1. The molecule has 0 fully saturated rings. The maximum absolute atomic E-state index is 10.7. The van der Waals surface area contributed by atoms with Crippen molar-refractivity contribution in [2.45, 2.75) is 66.4 Å². The van der Waals surface area contributed by atoms with Crippen LogP contribution in [0.2, 0.25) is 0 Å². The zero-order valence-electron chi connectivity index (χ0n) is 15.9. The van der Waals surface area contributed by atoms with Crippen LogP contribution in [0.4, 0.5) is 0 Å². The second-order valence-electron chi connectivity index (χ2n) is 7.50. The highest BCUT2D eigenvalue weighted by molar-refractivity contribution is 5.55. The molecule has 0 radical (unpaired) electrons. The van der Waals surface area contributed by atoms with E-state index < -0.39 is 0 Å². The van der Waals surface area contributed by atoms with Crippen LogP contribution in [-0.4, -0.2) is 10.7 Å². The number of phenols is 1. The zero-order valence-corrected chi connectivity index (χ0v) is 15.9. The molecule has 2 heteroatoms. The number of phenolic OH excluding ortho intramolecular Hbond substituents is 1. The molecular formula is C22H30O2. The second-order valence-corrected chi connectivity index (χ2v) is 7.50. The maximum atomic E-state index is 10.7. The van der Waals surface area contributed by atoms with E-state index in [4.69, 9.17) is 4.74 Å². The fraction of sp³-hybridized carbons (Fsp3) is 0.455. The average Bonchev–Trinajstić information content (AvgIpc) is 2.45. The molecule has 1 heterocycles. The number of aromatic hydroxyl groups is 1. The normalized spacial score (nSPS) is 19.6. The number of allylic oxidation sites excluding steroid dienone is 5. The first-order chi connectivity index (χ1) is 11.2. The Morgan fingerprint density at radius 3 is 2.58 bits per heavy atom. The van der Waals surface area contributed by atoms with Gasteiger partial charge in [0.25, 0.3) is 0 Å². The van der Waals surface area contributed by atoms with E-state index in [1.807, 2.05) is 6.92 Å². The molecule has 1 N–H and O–H groups in total. The molecule has 1 aliphatic rings. The van der Waals surface area contributed by atoms with Crippen molar-refractivity contribution in [3.8, 4) is 11.5 Å². The van der Waals surface area contributed by atoms with Crippen LogP contribution in [0.15, 0.2) is 41.5 Å². The molecule has 0 aliphatic carbocycles. The van der Waals surface area contributed by atoms with Gasteiger partial charge in [-0.05, 0) is 78.5 Å². The van der Waals surface area contributed by atoms with Gasteiger partial charge >= 0.3 is 0 Å². The molecule has 0 saturated carbocycles. The second kappa shape index (κ2) is 7.29. The summed E-state index contributed by atoms with van der Waals surface area (Å²) in [6.45, 7) is 12.5. The van der Waals surface area contributed by atoms with Crippen LogP contribution >= 0.6 is 0 Å². The molecule has 0 aromatic heterocycles. The van der Waals surface area contributed by atoms with E-state index >= 15 is 0 Å². The predicted molar refractivity (Wildman–Crippen MR) is 102 cm³/mol. The van der Waals surface area contributed by atoms with Crippen molar-refractivity contribution in [3.05, 3.63) is 58.2 Å². The Hall–Kier alpha value is -1.96. The summed E-state index contributed by atoms with van der Waals surface area (Å²) in [6, 6.07) is 2.08. The molecule has 1 aromatic rings. The van der Waals surface area contributed by atoms with Crippen LogP contribution in [-0.2, 0) is 12.8 Å². The monoisotopic (exact) mass is 326 g/mol. The van der Waals surface area contributed by atoms with Crippen molar-refractivity contribution in [3.63, 3.8) is 0 Å². The van der Waals surface area contributed by atoms with E-state index in [0.717, 1.165) is 41.7 Å². The highest BCUT2D eigenvalue weighted by atomic mass is 16.5. The van der Waals surface area contributed by atoms with Crippen molar-refractivity contribution < 1.29 is 9.84 Å². The molecule has 0 spiro atoms. The quantitative estimate of drug-likeness (QED) is 0.558. The summed E-state index contributed by atoms with van der Waals surface area (Å²) in [4.78, 5) is 0. The minimum atomic E-state index is -0.320. The van der Waals surface area contributed by atoms with Gasteiger partial charge in [0.1, 0.15) is 17.1 Å². The lowest BCUT2D eigenvalue weighted by atomic mass is 9.88. The van der Waals surface area contributed by atoms with Crippen LogP contribution in [0.3, 0.4) is 0 Å². The van der Waals surface area contributed by atoms with Crippen LogP contribution in [0.1, 0.15) is 57.7 Å². The molecule has 2 nitrogen and oxygen atoms in total. The molecule has 0 bridgehead atoms. The number of hydrogen-bond acceptors (Lipinski definition) is 2. The van der Waals surface area contributed by atoms with Gasteiger partial charge in [-0.15, -0.1) is 0 Å². The fourth-order valence-electron chi connectivity index (χ4n) is 2.99. The zero-order chi connectivity index (χ0) is 17.9. The van der Waals surface area contributed by atoms with Crippen LogP contribution in [0.5, 0.6) is 11.5 Å². The molecule has 1 atom stereocenters. The third kappa shape index (κ3) is 4.31. The number of benzene rings is 1. The molecule has 2 rings (SSSR count). The number of fused-ring (bicyclic) bond motifs is 1. The van der Waals surface area contributed by atoms with Gasteiger partial charge in [0.15, 0.2) is 0 Å². The first-order valence-electron chi connectivity index (χ1n) is 8.71. The van der Waals surface area contributed by atoms with Crippen LogP contribution in [0.25, 0.3) is 0 Å². The van der Waals surface area contributed by atoms with Gasteiger partial charge in [0, 0.05) is 11.1 Å². The Labute approximate surface area is 146 Å². The topological polar surface area (TPSA) is 29.5 Å². The summed E-state index contributed by atoms with van der Waals surface area (Å²) < 4.78 is 6.25. The smallest absolute Gasteiger partial charge is 0.127 e. The van der Waals surface area contributed by atoms with Gasteiger partial charge in [0.2, 0.25) is 0 Å². The third-order valence-corrected chi connectivity index (χ3v) is 4.50. The molecule has 1 aliphatic heterocycles. The lowest BCUT2D eigenvalue weighted by molar-refractivity contribution is 0.113. The standard InChI is InChI=1S/C22H30O2/c1-15(2)8-7-12-22(6)13-11-19-20(24-22)14-17(5)18(21(19)23)10-9-16(3)4/h7-9,12,14,23H,10-11,13H2,1-6H3/b12-7+. The van der Waals surface area contributed by atoms with Crippen LogP contribution in [0, 0.1) is 6.92 Å². The van der Waals surface area contributed by atoms with Gasteiger partial charge in [0.05, 0.1) is 0 Å². The Morgan fingerprint density at radius 1 is 1.25 bits per heavy atom. The SMILES string of the molecule is CC(C)=C/C=C/C1(C)CCc2c(cc(C)c(CC=C(C)C)c2O)O1. The van der Waals surface area contributed by atoms with E-state index in [1.54, 1.807) is 0 Å². The Bertz CT molecular complexity index is 699. The van der Waals surface area contributed by atoms with Crippen molar-refractivity contribution in [1.29, 1.82) is 0 Å².